The van der Waals surface area contributed by atoms with Crippen LogP contribution in [0.25, 0.3) is 22.3 Å². The number of benzene rings is 4. The summed E-state index contributed by atoms with van der Waals surface area (Å²) in [5.74, 6) is 0.998. The van der Waals surface area contributed by atoms with Crippen LogP contribution in [0.5, 0.6) is 34.5 Å². The van der Waals surface area contributed by atoms with Gasteiger partial charge in [0, 0.05) is 34.6 Å². The van der Waals surface area contributed by atoms with Crippen LogP contribution in [0, 0.1) is 35.3 Å². The van der Waals surface area contributed by atoms with Crippen molar-refractivity contribution in [3.8, 4) is 56.8 Å². The van der Waals surface area contributed by atoms with E-state index >= 15 is 0 Å². The second-order valence-electron chi connectivity index (χ2n) is 17.9. The zero-order chi connectivity index (χ0) is 47.6. The zero-order valence-electron chi connectivity index (χ0n) is 38.1. The van der Waals surface area contributed by atoms with Gasteiger partial charge in [0.05, 0.1) is 37.4 Å². The van der Waals surface area contributed by atoms with Crippen LogP contribution in [0.2, 0.25) is 0 Å². The Kier molecular flexibility index (Phi) is 13.2. The maximum atomic E-state index is 14.3. The van der Waals surface area contributed by atoms with Crippen molar-refractivity contribution in [1.82, 2.24) is 9.97 Å². The van der Waals surface area contributed by atoms with Crippen LogP contribution >= 0.6 is 0 Å². The largest absolute Gasteiger partial charge is 0.497 e. The Morgan fingerprint density at radius 1 is 0.574 bits per heavy atom. The Labute approximate surface area is 392 Å². The molecule has 4 aliphatic rings. The first-order valence-electron chi connectivity index (χ1n) is 22.8. The Morgan fingerprint density at radius 2 is 0.985 bits per heavy atom. The fourth-order valence-electron chi connectivity index (χ4n) is 9.26. The summed E-state index contributed by atoms with van der Waals surface area (Å²) in [7, 11) is 3.08. The molecule has 2 aromatic heterocycles. The Balaban J connectivity index is 0.000000170. The van der Waals surface area contributed by atoms with E-state index in [2.05, 4.69) is 9.97 Å². The molecule has 2 aliphatic heterocycles. The lowest BCUT2D eigenvalue weighted by molar-refractivity contribution is -0.143. The minimum absolute atomic E-state index is 0.0538. The molecule has 6 atom stereocenters. The smallest absolute Gasteiger partial charge is 0.306 e. The fourth-order valence-corrected chi connectivity index (χ4v) is 9.26. The molecule has 2 aliphatic carbocycles. The Hall–Kier alpha value is -7.22. The quantitative estimate of drug-likeness (QED) is 0.107. The summed E-state index contributed by atoms with van der Waals surface area (Å²) in [6.07, 6.45) is 6.55. The maximum absolute atomic E-state index is 14.3. The molecule has 2 saturated carbocycles. The van der Waals surface area contributed by atoms with Crippen molar-refractivity contribution in [2.24, 2.45) is 23.7 Å². The molecule has 4 heterocycles. The highest BCUT2D eigenvalue weighted by Gasteiger charge is 2.41. The molecule has 0 saturated heterocycles. The van der Waals surface area contributed by atoms with Gasteiger partial charge >= 0.3 is 11.9 Å². The van der Waals surface area contributed by atoms with E-state index in [4.69, 9.17) is 28.4 Å². The molecule has 0 bridgehead atoms. The number of nitrogens with zero attached hydrogens (tertiary/aromatic N) is 2. The maximum Gasteiger partial charge on any atom is 0.306 e. The molecule has 2 fully saturated rings. The highest BCUT2D eigenvalue weighted by Crippen LogP contribution is 2.50. The number of fused-ring (bicyclic) bond motifs is 2. The lowest BCUT2D eigenvalue weighted by Gasteiger charge is -2.28. The predicted octanol–water partition coefficient (Wildman–Crippen LogP) is 11.2. The van der Waals surface area contributed by atoms with Crippen LogP contribution in [0.3, 0.4) is 0 Å². The summed E-state index contributed by atoms with van der Waals surface area (Å²) < 4.78 is 63.3. The van der Waals surface area contributed by atoms with E-state index in [-0.39, 0.29) is 23.5 Å². The van der Waals surface area contributed by atoms with Crippen LogP contribution in [-0.2, 0) is 9.59 Å². The van der Waals surface area contributed by atoms with Crippen molar-refractivity contribution in [2.75, 3.05) is 27.4 Å². The first-order valence-corrected chi connectivity index (χ1v) is 22.8. The first-order chi connectivity index (χ1) is 32.9. The topological polar surface area (TPSA) is 156 Å². The van der Waals surface area contributed by atoms with E-state index in [0.717, 1.165) is 36.8 Å². The number of halogens is 2. The van der Waals surface area contributed by atoms with Gasteiger partial charge in [0.1, 0.15) is 36.3 Å². The molecule has 2 unspecified atom stereocenters. The molecule has 352 valence electrons. The van der Waals surface area contributed by atoms with Crippen molar-refractivity contribution >= 4 is 11.9 Å². The van der Waals surface area contributed by atoms with Gasteiger partial charge in [-0.05, 0) is 133 Å². The van der Waals surface area contributed by atoms with E-state index in [1.54, 1.807) is 74.8 Å². The van der Waals surface area contributed by atoms with Gasteiger partial charge in [-0.15, -0.1) is 0 Å². The highest BCUT2D eigenvalue weighted by atomic mass is 19.1. The molecular formula is C54H52F2N2O10. The summed E-state index contributed by atoms with van der Waals surface area (Å²) in [5, 5.41) is 19.2. The molecule has 68 heavy (non-hydrogen) atoms. The Bertz CT molecular complexity index is 2610. The van der Waals surface area contributed by atoms with Gasteiger partial charge in [-0.25, -0.2) is 8.78 Å². The number of rotatable bonds is 14. The molecule has 4 aromatic carbocycles. The third-order valence-corrected chi connectivity index (χ3v) is 13.3. The van der Waals surface area contributed by atoms with Crippen LogP contribution in [0.4, 0.5) is 8.78 Å². The monoisotopic (exact) mass is 926 g/mol. The standard InChI is InChI=1S/2C27H26FNO5/c2*1-15(27(30)31)26(16-3-4-16)17-6-10-23-24(11-17)34-25(14-33-23)22-9-5-18(13-29-22)20-12-19(32-2)7-8-21(20)28/h2*5-13,15-16,25-26H,3-4,14H2,1-2H3,(H,30,31)/t2*15-,25?,26-/m00/s1. The molecule has 14 heteroatoms. The van der Waals surface area contributed by atoms with Crippen molar-refractivity contribution in [3.05, 3.63) is 144 Å². The molecule has 6 aromatic rings. The summed E-state index contributed by atoms with van der Waals surface area (Å²) in [6.45, 7) is 4.12. The minimum atomic E-state index is -0.790. The third-order valence-electron chi connectivity index (χ3n) is 13.3. The van der Waals surface area contributed by atoms with Gasteiger partial charge in [0.2, 0.25) is 0 Å². The van der Waals surface area contributed by atoms with Crippen LogP contribution in [0.1, 0.15) is 86.1 Å². The fraction of sp³-hybridized carbons (Fsp3) is 0.333. The number of carbonyl (C=O) groups is 2. The average molecular weight is 927 g/mol. The van der Waals surface area contributed by atoms with E-state index in [0.29, 0.717) is 93.2 Å². The molecule has 2 N–H and O–H groups in total. The molecular weight excluding hydrogens is 875 g/mol. The van der Waals surface area contributed by atoms with Gasteiger partial charge in [-0.3, -0.25) is 19.6 Å². The van der Waals surface area contributed by atoms with E-state index in [9.17, 15) is 28.6 Å². The zero-order valence-corrected chi connectivity index (χ0v) is 38.1. The predicted molar refractivity (Wildman–Crippen MR) is 248 cm³/mol. The number of hydrogen-bond donors (Lipinski definition) is 2. The summed E-state index contributed by atoms with van der Waals surface area (Å²) in [6, 6.07) is 27.8. The normalized spacial score (nSPS) is 18.7. The summed E-state index contributed by atoms with van der Waals surface area (Å²) in [5.41, 5.74) is 5.33. The van der Waals surface area contributed by atoms with Crippen LogP contribution in [0.15, 0.2) is 109 Å². The van der Waals surface area contributed by atoms with Crippen molar-refractivity contribution in [3.63, 3.8) is 0 Å². The minimum Gasteiger partial charge on any atom is -0.497 e. The highest BCUT2D eigenvalue weighted by molar-refractivity contribution is 5.72. The number of aliphatic carboxylic acids is 2. The number of methoxy groups -OCH3 is 2. The van der Waals surface area contributed by atoms with Crippen molar-refractivity contribution < 1.29 is 57.0 Å². The van der Waals surface area contributed by atoms with Crippen molar-refractivity contribution in [1.29, 1.82) is 0 Å². The van der Waals surface area contributed by atoms with Gasteiger partial charge < -0.3 is 38.6 Å². The number of ether oxygens (including phenoxy) is 6. The molecule has 0 amide bonds. The van der Waals surface area contributed by atoms with Gasteiger partial charge in [0.15, 0.2) is 35.2 Å². The lowest BCUT2D eigenvalue weighted by Crippen LogP contribution is -2.24. The molecule has 0 radical (unpaired) electrons. The number of carboxylic acid groups (broad SMARTS) is 2. The van der Waals surface area contributed by atoms with E-state index in [1.807, 2.05) is 36.4 Å². The number of carboxylic acids is 2. The molecule has 12 nitrogen and oxygen atoms in total. The summed E-state index contributed by atoms with van der Waals surface area (Å²) >= 11 is 0. The van der Waals surface area contributed by atoms with Crippen LogP contribution < -0.4 is 28.4 Å². The summed E-state index contributed by atoms with van der Waals surface area (Å²) in [4.78, 5) is 32.3. The van der Waals surface area contributed by atoms with Gasteiger partial charge in [0.25, 0.3) is 0 Å². The average Bonchev–Trinajstić information content (AvgIpc) is 4.32. The molecule has 10 rings (SSSR count). The van der Waals surface area contributed by atoms with Crippen LogP contribution in [-0.4, -0.2) is 59.6 Å². The van der Waals surface area contributed by atoms with Gasteiger partial charge in [-0.2, -0.15) is 0 Å². The van der Waals surface area contributed by atoms with E-state index < -0.39 is 36.0 Å². The lowest BCUT2D eigenvalue weighted by atomic mass is 9.83. The van der Waals surface area contributed by atoms with Crippen molar-refractivity contribution in [2.45, 2.75) is 63.6 Å². The second kappa shape index (κ2) is 19.6. The number of hydrogen-bond acceptors (Lipinski definition) is 10. The SMILES string of the molecule is COc1ccc(F)c(-c2ccc(C3COc4ccc([C@H](C5CC5)[C@H](C)C(=O)O)cc4O3)nc2)c1.COc1ccc(F)c(-c2ccc(C3COc4ccc([C@H](C5CC5)[C@H](C)C(=O)O)cc4O3)nc2)c1. The number of pyridine rings is 2. The number of aromatic nitrogens is 2. The first kappa shape index (κ1) is 45.9. The van der Waals surface area contributed by atoms with Gasteiger partial charge in [-0.1, -0.05) is 38.1 Å². The van der Waals surface area contributed by atoms with E-state index in [1.165, 1.54) is 26.4 Å². The third kappa shape index (κ3) is 9.90. The second-order valence-corrected chi connectivity index (χ2v) is 17.9. The Morgan fingerprint density at radius 3 is 1.32 bits per heavy atom. The molecule has 0 spiro atoms.